The number of nitrogens with zero attached hydrogens (tertiary/aromatic N) is 4. The van der Waals surface area contributed by atoms with Gasteiger partial charge in [-0.25, -0.2) is 0 Å². The molecule has 32 heavy (non-hydrogen) atoms. The number of halogens is 2. The number of aromatic nitrogens is 3. The highest BCUT2D eigenvalue weighted by atomic mass is 35.5. The normalized spacial score (nSPS) is 12.1. The lowest BCUT2D eigenvalue weighted by Crippen LogP contribution is -2.39. The Morgan fingerprint density at radius 2 is 2.03 bits per heavy atom. The molecule has 4 rings (SSSR count). The zero-order valence-electron chi connectivity index (χ0n) is 18.6. The molecule has 0 fully saturated rings. The Labute approximate surface area is 197 Å². The van der Waals surface area contributed by atoms with Gasteiger partial charge < -0.3 is 19.3 Å². The van der Waals surface area contributed by atoms with E-state index >= 15 is 0 Å². The van der Waals surface area contributed by atoms with E-state index in [9.17, 15) is 9.90 Å². The molecule has 0 aliphatic carbocycles. The van der Waals surface area contributed by atoms with Gasteiger partial charge >= 0.3 is 0 Å². The third kappa shape index (κ3) is 4.70. The van der Waals surface area contributed by atoms with Crippen LogP contribution in [0, 0.1) is 11.3 Å². The van der Waals surface area contributed by atoms with Gasteiger partial charge in [0.25, 0.3) is 0 Å². The molecule has 0 bridgehead atoms. The van der Waals surface area contributed by atoms with E-state index in [4.69, 9.17) is 33.2 Å². The van der Waals surface area contributed by atoms with Crippen LogP contribution in [0.25, 0.3) is 22.0 Å². The van der Waals surface area contributed by atoms with Gasteiger partial charge in [0, 0.05) is 42.2 Å². The molecular formula is C22H27Cl2N5O3. The fourth-order valence-corrected chi connectivity index (χ4v) is 4.07. The molecule has 3 aromatic rings. The second kappa shape index (κ2) is 11.8. The van der Waals surface area contributed by atoms with E-state index in [0.717, 1.165) is 16.8 Å². The van der Waals surface area contributed by atoms with Gasteiger partial charge in [0.2, 0.25) is 5.91 Å². The Balaban J connectivity index is 0.000000860. The van der Waals surface area contributed by atoms with Crippen molar-refractivity contribution in [3.05, 3.63) is 34.2 Å². The number of carbonyl (C=O) groups excluding carboxylic acids is 1. The number of amides is 1. The van der Waals surface area contributed by atoms with Crippen LogP contribution in [0.5, 0.6) is 5.75 Å². The number of aliphatic hydroxyl groups excluding tert-OH is 1. The SMILES string of the molecule is CC.CC.N#CCOc1cc(Cl)c(Cl)c2c1c(-c1cn[nH]c1)c1n2CCN(C(=O)CO)C1. The number of hydrogen-bond donors (Lipinski definition) is 2. The standard InChI is InChI=1S/C18H15Cl2N5O3.2C2H6/c19-11-5-13(28-4-1-21)16-15(10-6-22-23-7-10)12-8-24(14(27)9-26)2-3-25(12)18(16)17(11)20;2*1-2/h5-7,26H,2-4,8-9H2,(H,22,23);2*1-2H3. The summed E-state index contributed by atoms with van der Waals surface area (Å²) in [7, 11) is 0. The van der Waals surface area contributed by atoms with Gasteiger partial charge in [-0.1, -0.05) is 50.9 Å². The van der Waals surface area contributed by atoms with E-state index in [1.807, 2.05) is 38.3 Å². The average molecular weight is 480 g/mol. The predicted octanol–water partition coefficient (Wildman–Crippen LogP) is 4.63. The molecule has 1 aliphatic heterocycles. The summed E-state index contributed by atoms with van der Waals surface area (Å²) >= 11 is 12.9. The third-order valence-electron chi connectivity index (χ3n) is 4.79. The smallest absolute Gasteiger partial charge is 0.248 e. The topological polar surface area (TPSA) is 107 Å². The quantitative estimate of drug-likeness (QED) is 0.567. The molecule has 10 heteroatoms. The van der Waals surface area contributed by atoms with Gasteiger partial charge in [0.15, 0.2) is 6.61 Å². The highest BCUT2D eigenvalue weighted by Gasteiger charge is 2.30. The van der Waals surface area contributed by atoms with Crippen LogP contribution in [-0.2, 0) is 17.9 Å². The molecule has 3 heterocycles. The van der Waals surface area contributed by atoms with Gasteiger partial charge in [0.1, 0.15) is 18.4 Å². The van der Waals surface area contributed by atoms with Crippen molar-refractivity contribution in [2.75, 3.05) is 19.8 Å². The summed E-state index contributed by atoms with van der Waals surface area (Å²) in [6.45, 7) is 8.50. The molecule has 1 aliphatic rings. The maximum absolute atomic E-state index is 12.1. The lowest BCUT2D eigenvalue weighted by Gasteiger charge is -2.29. The highest BCUT2D eigenvalue weighted by Crippen LogP contribution is 2.46. The van der Waals surface area contributed by atoms with Crippen LogP contribution in [0.4, 0.5) is 0 Å². The van der Waals surface area contributed by atoms with Crippen LogP contribution in [0.2, 0.25) is 10.0 Å². The number of carbonyl (C=O) groups is 1. The van der Waals surface area contributed by atoms with Crippen LogP contribution in [-0.4, -0.2) is 50.4 Å². The predicted molar refractivity (Wildman–Crippen MR) is 126 cm³/mol. The Morgan fingerprint density at radius 3 is 2.62 bits per heavy atom. The first-order valence-corrected chi connectivity index (χ1v) is 11.2. The van der Waals surface area contributed by atoms with Crippen LogP contribution >= 0.6 is 23.2 Å². The molecule has 1 aromatic carbocycles. The van der Waals surface area contributed by atoms with E-state index in [-0.39, 0.29) is 12.5 Å². The zero-order chi connectivity index (χ0) is 23.8. The van der Waals surface area contributed by atoms with Crippen molar-refractivity contribution in [3.8, 4) is 22.9 Å². The minimum atomic E-state index is -0.551. The lowest BCUT2D eigenvalue weighted by molar-refractivity contribution is -0.135. The minimum Gasteiger partial charge on any atom is -0.478 e. The van der Waals surface area contributed by atoms with E-state index in [1.54, 1.807) is 23.4 Å². The first-order valence-electron chi connectivity index (χ1n) is 10.5. The summed E-state index contributed by atoms with van der Waals surface area (Å²) in [5, 5.41) is 26.4. The van der Waals surface area contributed by atoms with Crippen molar-refractivity contribution in [1.29, 1.82) is 5.26 Å². The summed E-state index contributed by atoms with van der Waals surface area (Å²) in [6.07, 6.45) is 3.40. The van der Waals surface area contributed by atoms with Crippen molar-refractivity contribution in [1.82, 2.24) is 19.7 Å². The Morgan fingerprint density at radius 1 is 1.31 bits per heavy atom. The Kier molecular flexibility index (Phi) is 9.39. The lowest BCUT2D eigenvalue weighted by atomic mass is 10.0. The molecule has 2 N–H and O–H groups in total. The fraction of sp³-hybridized carbons (Fsp3) is 0.409. The van der Waals surface area contributed by atoms with Gasteiger partial charge in [-0.3, -0.25) is 9.89 Å². The largest absolute Gasteiger partial charge is 0.478 e. The summed E-state index contributed by atoms with van der Waals surface area (Å²) < 4.78 is 7.65. The van der Waals surface area contributed by atoms with Crippen LogP contribution in [0.3, 0.4) is 0 Å². The maximum Gasteiger partial charge on any atom is 0.248 e. The van der Waals surface area contributed by atoms with Crippen molar-refractivity contribution in [3.63, 3.8) is 0 Å². The van der Waals surface area contributed by atoms with E-state index < -0.39 is 6.61 Å². The molecule has 0 radical (unpaired) electrons. The van der Waals surface area contributed by atoms with E-state index in [2.05, 4.69) is 10.2 Å². The van der Waals surface area contributed by atoms with Crippen molar-refractivity contribution < 1.29 is 14.6 Å². The van der Waals surface area contributed by atoms with Gasteiger partial charge in [-0.05, 0) is 0 Å². The molecule has 8 nitrogen and oxygen atoms in total. The number of H-pyrrole nitrogens is 1. The fourth-order valence-electron chi connectivity index (χ4n) is 3.63. The molecule has 0 saturated heterocycles. The van der Waals surface area contributed by atoms with Crippen LogP contribution < -0.4 is 4.74 Å². The number of rotatable bonds is 4. The van der Waals surface area contributed by atoms with Crippen LogP contribution in [0.1, 0.15) is 33.4 Å². The molecule has 2 aromatic heterocycles. The first-order chi connectivity index (χ1) is 15.6. The average Bonchev–Trinajstić information content (AvgIpc) is 3.48. The molecule has 0 saturated carbocycles. The highest BCUT2D eigenvalue weighted by molar-refractivity contribution is 6.45. The second-order valence-electron chi connectivity index (χ2n) is 6.27. The zero-order valence-corrected chi connectivity index (χ0v) is 20.1. The minimum absolute atomic E-state index is 0.145. The molecule has 0 spiro atoms. The number of hydrogen-bond acceptors (Lipinski definition) is 5. The number of nitriles is 1. The number of aromatic amines is 1. The Hall–Kier alpha value is -2.73. The summed E-state index contributed by atoms with van der Waals surface area (Å²) in [5.41, 5.74) is 3.10. The number of fused-ring (bicyclic) bond motifs is 3. The second-order valence-corrected chi connectivity index (χ2v) is 7.06. The van der Waals surface area contributed by atoms with Gasteiger partial charge in [-0.2, -0.15) is 10.4 Å². The Bertz CT molecular complexity index is 1100. The summed E-state index contributed by atoms with van der Waals surface area (Å²) in [4.78, 5) is 13.6. The number of nitrogens with one attached hydrogen (secondary N) is 1. The molecule has 0 atom stereocenters. The van der Waals surface area contributed by atoms with E-state index in [0.29, 0.717) is 46.3 Å². The molecule has 172 valence electrons. The van der Waals surface area contributed by atoms with Crippen molar-refractivity contribution in [2.24, 2.45) is 0 Å². The van der Waals surface area contributed by atoms with Crippen molar-refractivity contribution >= 4 is 40.0 Å². The summed E-state index contributed by atoms with van der Waals surface area (Å²) in [5.74, 6) is 0.0869. The van der Waals surface area contributed by atoms with Gasteiger partial charge in [-0.15, -0.1) is 0 Å². The molecule has 0 unspecified atom stereocenters. The molecular weight excluding hydrogens is 453 g/mol. The maximum atomic E-state index is 12.1. The van der Waals surface area contributed by atoms with Gasteiger partial charge in [0.05, 0.1) is 33.7 Å². The first kappa shape index (κ1) is 25.5. The molecule has 1 amide bonds. The monoisotopic (exact) mass is 479 g/mol. The van der Waals surface area contributed by atoms with Crippen molar-refractivity contribution in [2.45, 2.75) is 40.8 Å². The number of ether oxygens (including phenoxy) is 1. The number of aliphatic hydroxyl groups is 1. The summed E-state index contributed by atoms with van der Waals surface area (Å²) in [6, 6.07) is 3.55. The van der Waals surface area contributed by atoms with E-state index in [1.165, 1.54) is 0 Å². The number of benzene rings is 1. The van der Waals surface area contributed by atoms with Crippen LogP contribution in [0.15, 0.2) is 18.5 Å². The third-order valence-corrected chi connectivity index (χ3v) is 5.57.